The van der Waals surface area contributed by atoms with Crippen LogP contribution in [0.3, 0.4) is 0 Å². The van der Waals surface area contributed by atoms with Gasteiger partial charge in [-0.3, -0.25) is 4.79 Å². The number of aliphatic hydroxyl groups is 1. The monoisotopic (exact) mass is 334 g/mol. The highest BCUT2D eigenvalue weighted by Gasteiger charge is 2.21. The van der Waals surface area contributed by atoms with Crippen LogP contribution in [0.5, 0.6) is 0 Å². The second-order valence-electron chi connectivity index (χ2n) is 5.29. The first kappa shape index (κ1) is 17.6. The van der Waals surface area contributed by atoms with E-state index >= 15 is 0 Å². The van der Waals surface area contributed by atoms with E-state index in [2.05, 4.69) is 10.3 Å². The highest BCUT2D eigenvalue weighted by atomic mass is 32.1. The van der Waals surface area contributed by atoms with Crippen LogP contribution in [0.25, 0.3) is 0 Å². The molecule has 23 heavy (non-hydrogen) atoms. The number of methoxy groups -OCH3 is 1. The number of nitrogens with zero attached hydrogens (tertiary/aromatic N) is 1. The molecule has 6 heteroatoms. The number of carbonyl (C=O) groups excluding carboxylic acids is 1. The molecule has 0 bridgehead atoms. The molecule has 2 unspecified atom stereocenters. The molecule has 2 N–H and O–H groups in total. The lowest BCUT2D eigenvalue weighted by Gasteiger charge is -2.18. The van der Waals surface area contributed by atoms with Crippen molar-refractivity contribution in [2.75, 3.05) is 13.7 Å². The number of hydrogen-bond donors (Lipinski definition) is 2. The van der Waals surface area contributed by atoms with E-state index in [9.17, 15) is 9.90 Å². The van der Waals surface area contributed by atoms with Gasteiger partial charge in [0.2, 0.25) is 0 Å². The van der Waals surface area contributed by atoms with Crippen molar-refractivity contribution in [3.63, 3.8) is 0 Å². The van der Waals surface area contributed by atoms with Gasteiger partial charge in [0.25, 0.3) is 5.91 Å². The molecule has 1 amide bonds. The summed E-state index contributed by atoms with van der Waals surface area (Å²) in [5.74, 6) is -0.170. The first-order valence-electron chi connectivity index (χ1n) is 7.53. The SMILES string of the molecule is COC(C)c1nc(C)c(C(=O)NC(CCO)c2ccccc2)s1. The third-order valence-corrected chi connectivity index (χ3v) is 4.96. The number of nitrogens with one attached hydrogen (secondary N) is 1. The smallest absolute Gasteiger partial charge is 0.263 e. The van der Waals surface area contributed by atoms with E-state index in [1.165, 1.54) is 11.3 Å². The van der Waals surface area contributed by atoms with Gasteiger partial charge in [0, 0.05) is 13.7 Å². The van der Waals surface area contributed by atoms with Gasteiger partial charge in [-0.25, -0.2) is 4.98 Å². The Hall–Kier alpha value is -1.76. The molecule has 1 aromatic heterocycles. The van der Waals surface area contributed by atoms with Gasteiger partial charge in [0.15, 0.2) is 0 Å². The van der Waals surface area contributed by atoms with Crippen molar-refractivity contribution in [1.82, 2.24) is 10.3 Å². The maximum atomic E-state index is 12.6. The summed E-state index contributed by atoms with van der Waals surface area (Å²) in [6.07, 6.45) is 0.331. The van der Waals surface area contributed by atoms with Gasteiger partial charge >= 0.3 is 0 Å². The summed E-state index contributed by atoms with van der Waals surface area (Å²) in [6, 6.07) is 9.42. The van der Waals surface area contributed by atoms with E-state index in [1.54, 1.807) is 7.11 Å². The van der Waals surface area contributed by atoms with E-state index in [1.807, 2.05) is 44.2 Å². The molecule has 2 aromatic rings. The zero-order chi connectivity index (χ0) is 16.8. The van der Waals surface area contributed by atoms with Gasteiger partial charge < -0.3 is 15.2 Å². The first-order valence-corrected chi connectivity index (χ1v) is 8.35. The van der Waals surface area contributed by atoms with Crippen molar-refractivity contribution in [1.29, 1.82) is 0 Å². The molecule has 0 saturated carbocycles. The Morgan fingerprint density at radius 3 is 2.70 bits per heavy atom. The Balaban J connectivity index is 2.17. The van der Waals surface area contributed by atoms with Gasteiger partial charge in [-0.2, -0.15) is 0 Å². The molecule has 0 radical (unpaired) electrons. The lowest BCUT2D eigenvalue weighted by molar-refractivity contribution is 0.0933. The van der Waals surface area contributed by atoms with Gasteiger partial charge in [0.1, 0.15) is 16.0 Å². The Morgan fingerprint density at radius 2 is 2.09 bits per heavy atom. The molecule has 0 fully saturated rings. The minimum atomic E-state index is -0.224. The number of aliphatic hydroxyl groups excluding tert-OH is 1. The highest BCUT2D eigenvalue weighted by molar-refractivity contribution is 7.13. The van der Waals surface area contributed by atoms with E-state index < -0.39 is 0 Å². The number of ether oxygens (including phenoxy) is 1. The van der Waals surface area contributed by atoms with Gasteiger partial charge in [-0.1, -0.05) is 30.3 Å². The number of carbonyl (C=O) groups is 1. The molecular weight excluding hydrogens is 312 g/mol. The summed E-state index contributed by atoms with van der Waals surface area (Å²) >= 11 is 1.34. The molecular formula is C17H22N2O3S. The zero-order valence-electron chi connectivity index (χ0n) is 13.6. The molecule has 1 aromatic carbocycles. The maximum absolute atomic E-state index is 12.6. The number of thiazole rings is 1. The lowest BCUT2D eigenvalue weighted by Crippen LogP contribution is -2.29. The van der Waals surface area contributed by atoms with Crippen LogP contribution in [0.4, 0.5) is 0 Å². The topological polar surface area (TPSA) is 71.5 Å². The average Bonchev–Trinajstić information content (AvgIpc) is 2.96. The largest absolute Gasteiger partial charge is 0.396 e. The minimum Gasteiger partial charge on any atom is -0.396 e. The van der Waals surface area contributed by atoms with Crippen LogP contribution in [-0.4, -0.2) is 29.7 Å². The zero-order valence-corrected chi connectivity index (χ0v) is 14.4. The fourth-order valence-electron chi connectivity index (χ4n) is 2.26. The number of aryl methyl sites for hydroxylation is 1. The van der Waals surface area contributed by atoms with Crippen LogP contribution in [-0.2, 0) is 4.74 Å². The van der Waals surface area contributed by atoms with Crippen molar-refractivity contribution >= 4 is 17.2 Å². The van der Waals surface area contributed by atoms with E-state index in [-0.39, 0.29) is 24.7 Å². The molecule has 1 heterocycles. The fourth-order valence-corrected chi connectivity index (χ4v) is 3.26. The number of rotatable bonds is 7. The second kappa shape index (κ2) is 8.19. The molecule has 124 valence electrons. The Bertz CT molecular complexity index is 643. The molecule has 2 rings (SSSR count). The summed E-state index contributed by atoms with van der Waals surface area (Å²) in [6.45, 7) is 3.73. The summed E-state index contributed by atoms with van der Waals surface area (Å²) in [5.41, 5.74) is 1.67. The summed E-state index contributed by atoms with van der Waals surface area (Å²) in [5, 5.41) is 13.0. The third-order valence-electron chi connectivity index (χ3n) is 3.65. The third kappa shape index (κ3) is 4.37. The average molecular weight is 334 g/mol. The molecule has 0 spiro atoms. The Kier molecular flexibility index (Phi) is 6.27. The highest BCUT2D eigenvalue weighted by Crippen LogP contribution is 2.26. The van der Waals surface area contributed by atoms with Crippen LogP contribution in [0, 0.1) is 6.92 Å². The molecule has 5 nitrogen and oxygen atoms in total. The Labute approximate surface area is 140 Å². The second-order valence-corrected chi connectivity index (χ2v) is 6.32. The van der Waals surface area contributed by atoms with Gasteiger partial charge in [-0.05, 0) is 25.8 Å². The van der Waals surface area contributed by atoms with Crippen LogP contribution < -0.4 is 5.32 Å². The molecule has 2 atom stereocenters. The van der Waals surface area contributed by atoms with Crippen molar-refractivity contribution in [3.05, 3.63) is 51.5 Å². The standard InChI is InChI=1S/C17H22N2O3S/c1-11-15(23-17(18-11)12(2)22-3)16(21)19-14(9-10-20)13-7-5-4-6-8-13/h4-8,12,14,20H,9-10H2,1-3H3,(H,19,21). The quantitative estimate of drug-likeness (QED) is 0.816. The number of aromatic nitrogens is 1. The predicted octanol–water partition coefficient (Wildman–Crippen LogP) is 3.01. The normalized spacial score (nSPS) is 13.6. The van der Waals surface area contributed by atoms with Crippen molar-refractivity contribution in [2.45, 2.75) is 32.4 Å². The minimum absolute atomic E-state index is 0.00741. The summed E-state index contributed by atoms with van der Waals surface area (Å²) < 4.78 is 5.26. The summed E-state index contributed by atoms with van der Waals surface area (Å²) in [7, 11) is 1.62. The van der Waals surface area contributed by atoms with Gasteiger partial charge in [0.05, 0.1) is 11.7 Å². The first-order chi connectivity index (χ1) is 11.1. The number of amides is 1. The molecule has 0 aliphatic heterocycles. The van der Waals surface area contributed by atoms with E-state index in [0.717, 1.165) is 10.6 Å². The van der Waals surface area contributed by atoms with Crippen molar-refractivity contribution < 1.29 is 14.6 Å². The maximum Gasteiger partial charge on any atom is 0.263 e. The van der Waals surface area contributed by atoms with E-state index in [4.69, 9.17) is 4.74 Å². The molecule has 0 aliphatic rings. The predicted molar refractivity (Wildman–Crippen MR) is 90.6 cm³/mol. The lowest BCUT2D eigenvalue weighted by atomic mass is 10.0. The van der Waals surface area contributed by atoms with Crippen LogP contribution in [0.2, 0.25) is 0 Å². The van der Waals surface area contributed by atoms with Gasteiger partial charge in [-0.15, -0.1) is 11.3 Å². The van der Waals surface area contributed by atoms with Crippen LogP contribution >= 0.6 is 11.3 Å². The molecule has 0 aliphatic carbocycles. The van der Waals surface area contributed by atoms with Crippen LogP contribution in [0.1, 0.15) is 51.4 Å². The number of benzene rings is 1. The van der Waals surface area contributed by atoms with Crippen LogP contribution in [0.15, 0.2) is 30.3 Å². The Morgan fingerprint density at radius 1 is 1.39 bits per heavy atom. The summed E-state index contributed by atoms with van der Waals surface area (Å²) in [4.78, 5) is 17.6. The van der Waals surface area contributed by atoms with Crippen molar-refractivity contribution in [3.8, 4) is 0 Å². The van der Waals surface area contributed by atoms with E-state index in [0.29, 0.717) is 17.0 Å². The molecule has 0 saturated heterocycles. The van der Waals surface area contributed by atoms with Crippen molar-refractivity contribution in [2.24, 2.45) is 0 Å². The fraction of sp³-hybridized carbons (Fsp3) is 0.412. The number of hydrogen-bond acceptors (Lipinski definition) is 5.